The Hall–Kier alpha value is -3.06. The number of benzene rings is 1. The minimum atomic E-state index is 0.552. The van der Waals surface area contributed by atoms with Gasteiger partial charge >= 0.3 is 0 Å². The third-order valence-electron chi connectivity index (χ3n) is 4.66. The second-order valence-electron chi connectivity index (χ2n) is 6.66. The molecule has 0 bridgehead atoms. The monoisotopic (exact) mass is 364 g/mol. The summed E-state index contributed by atoms with van der Waals surface area (Å²) in [5.41, 5.74) is 2.26. The summed E-state index contributed by atoms with van der Waals surface area (Å²) in [7, 11) is 2.17. The zero-order valence-corrected chi connectivity index (χ0v) is 15.4. The lowest BCUT2D eigenvalue weighted by Gasteiger charge is -2.34. The summed E-state index contributed by atoms with van der Waals surface area (Å²) in [4.78, 5) is 13.5. The summed E-state index contributed by atoms with van der Waals surface area (Å²) in [6.45, 7) is 4.90. The molecule has 3 aromatic rings. The number of rotatable bonds is 6. The number of nitrogens with zero attached hydrogens (tertiary/aromatic N) is 4. The molecule has 1 aromatic carbocycles. The van der Waals surface area contributed by atoms with E-state index in [2.05, 4.69) is 61.7 Å². The van der Waals surface area contributed by atoms with Crippen LogP contribution in [0.3, 0.4) is 0 Å². The Labute approximate surface area is 159 Å². The van der Waals surface area contributed by atoms with Gasteiger partial charge in [0.15, 0.2) is 0 Å². The van der Waals surface area contributed by atoms with E-state index in [0.29, 0.717) is 12.5 Å². The standard InChI is InChI=1S/C20H24N6O/c1-25-10-12-26(13-11-25)17-6-4-16(5-7-17)23-19-8-9-21-20(24-19)22-15-18-3-2-14-27-18/h2-9,14H,10-13,15H2,1H3,(H2,21,22,23,24). The van der Waals surface area contributed by atoms with Crippen LogP contribution in [0.4, 0.5) is 23.1 Å². The lowest BCUT2D eigenvalue weighted by molar-refractivity contribution is 0.313. The Morgan fingerprint density at radius 3 is 2.59 bits per heavy atom. The molecule has 27 heavy (non-hydrogen) atoms. The van der Waals surface area contributed by atoms with E-state index in [9.17, 15) is 0 Å². The Balaban J connectivity index is 1.36. The van der Waals surface area contributed by atoms with Crippen molar-refractivity contribution in [2.24, 2.45) is 0 Å². The molecule has 2 aromatic heterocycles. The molecular formula is C20H24N6O. The van der Waals surface area contributed by atoms with Crippen LogP contribution in [0.2, 0.25) is 0 Å². The minimum absolute atomic E-state index is 0.552. The van der Waals surface area contributed by atoms with Crippen LogP contribution < -0.4 is 15.5 Å². The van der Waals surface area contributed by atoms with E-state index in [1.807, 2.05) is 18.2 Å². The topological polar surface area (TPSA) is 69.5 Å². The summed E-state index contributed by atoms with van der Waals surface area (Å²) in [5, 5.41) is 6.50. The Morgan fingerprint density at radius 2 is 1.85 bits per heavy atom. The molecule has 7 nitrogen and oxygen atoms in total. The summed E-state index contributed by atoms with van der Waals surface area (Å²) < 4.78 is 5.31. The van der Waals surface area contributed by atoms with Crippen molar-refractivity contribution in [3.63, 3.8) is 0 Å². The van der Waals surface area contributed by atoms with E-state index < -0.39 is 0 Å². The van der Waals surface area contributed by atoms with Gasteiger partial charge in [0, 0.05) is 43.8 Å². The zero-order chi connectivity index (χ0) is 18.5. The van der Waals surface area contributed by atoms with Gasteiger partial charge in [0.25, 0.3) is 0 Å². The van der Waals surface area contributed by atoms with Crippen molar-refractivity contribution in [2.45, 2.75) is 6.54 Å². The first-order chi connectivity index (χ1) is 13.3. The second kappa shape index (κ2) is 8.09. The zero-order valence-electron chi connectivity index (χ0n) is 15.4. The van der Waals surface area contributed by atoms with E-state index in [-0.39, 0.29) is 0 Å². The Bertz CT molecular complexity index is 841. The van der Waals surface area contributed by atoms with Gasteiger partial charge in [-0.25, -0.2) is 4.98 Å². The fourth-order valence-electron chi connectivity index (χ4n) is 3.06. The van der Waals surface area contributed by atoms with Gasteiger partial charge in [-0.15, -0.1) is 0 Å². The molecule has 0 atom stereocenters. The summed E-state index contributed by atoms with van der Waals surface area (Å²) in [5.74, 6) is 2.15. The maximum Gasteiger partial charge on any atom is 0.224 e. The smallest absolute Gasteiger partial charge is 0.224 e. The number of hydrogen-bond donors (Lipinski definition) is 2. The molecular weight excluding hydrogens is 340 g/mol. The number of furan rings is 1. The number of hydrogen-bond acceptors (Lipinski definition) is 7. The summed E-state index contributed by atoms with van der Waals surface area (Å²) in [6.07, 6.45) is 3.39. The maximum atomic E-state index is 5.31. The van der Waals surface area contributed by atoms with Crippen LogP contribution in [0.1, 0.15) is 5.76 Å². The highest BCUT2D eigenvalue weighted by molar-refractivity contribution is 5.61. The van der Waals surface area contributed by atoms with Crippen LogP contribution in [0.5, 0.6) is 0 Å². The van der Waals surface area contributed by atoms with Crippen LogP contribution in [-0.2, 0) is 6.54 Å². The third-order valence-corrected chi connectivity index (χ3v) is 4.66. The predicted molar refractivity (Wildman–Crippen MR) is 108 cm³/mol. The van der Waals surface area contributed by atoms with Gasteiger partial charge in [0.2, 0.25) is 5.95 Å². The molecule has 0 spiro atoms. The van der Waals surface area contributed by atoms with Gasteiger partial charge in [-0.3, -0.25) is 0 Å². The maximum absolute atomic E-state index is 5.31. The SMILES string of the molecule is CN1CCN(c2ccc(Nc3ccnc(NCc4ccco4)n3)cc2)CC1. The van der Waals surface area contributed by atoms with Crippen molar-refractivity contribution in [3.8, 4) is 0 Å². The molecule has 1 aliphatic heterocycles. The van der Waals surface area contributed by atoms with E-state index >= 15 is 0 Å². The molecule has 1 saturated heterocycles. The van der Waals surface area contributed by atoms with Crippen molar-refractivity contribution in [2.75, 3.05) is 48.8 Å². The first kappa shape index (κ1) is 17.4. The first-order valence-corrected chi connectivity index (χ1v) is 9.16. The molecule has 1 aliphatic rings. The molecule has 0 amide bonds. The van der Waals surface area contributed by atoms with Gasteiger partial charge in [0.05, 0.1) is 12.8 Å². The van der Waals surface area contributed by atoms with Gasteiger partial charge in [-0.05, 0) is 49.5 Å². The third kappa shape index (κ3) is 4.57. The van der Waals surface area contributed by atoms with E-state index in [4.69, 9.17) is 4.42 Å². The molecule has 3 heterocycles. The fraction of sp³-hybridized carbons (Fsp3) is 0.300. The first-order valence-electron chi connectivity index (χ1n) is 9.16. The molecule has 0 aliphatic carbocycles. The quantitative estimate of drug-likeness (QED) is 0.696. The number of likely N-dealkylation sites (N-methyl/N-ethyl adjacent to an activating group) is 1. The van der Waals surface area contributed by atoms with E-state index in [1.54, 1.807) is 12.5 Å². The Kier molecular flexibility index (Phi) is 5.20. The highest BCUT2D eigenvalue weighted by Crippen LogP contribution is 2.21. The molecule has 4 rings (SSSR count). The lowest BCUT2D eigenvalue weighted by Crippen LogP contribution is -2.44. The summed E-state index contributed by atoms with van der Waals surface area (Å²) >= 11 is 0. The Morgan fingerprint density at radius 1 is 1.04 bits per heavy atom. The fourth-order valence-corrected chi connectivity index (χ4v) is 3.06. The van der Waals surface area contributed by atoms with Crippen LogP contribution in [0.25, 0.3) is 0 Å². The largest absolute Gasteiger partial charge is 0.467 e. The molecule has 0 radical (unpaired) electrons. The van der Waals surface area contributed by atoms with Crippen LogP contribution >= 0.6 is 0 Å². The number of aromatic nitrogens is 2. The van der Waals surface area contributed by atoms with Crippen LogP contribution in [-0.4, -0.2) is 48.1 Å². The number of nitrogens with one attached hydrogen (secondary N) is 2. The molecule has 140 valence electrons. The molecule has 0 unspecified atom stereocenters. The van der Waals surface area contributed by atoms with E-state index in [0.717, 1.165) is 43.4 Å². The average Bonchev–Trinajstić information content (AvgIpc) is 3.22. The lowest BCUT2D eigenvalue weighted by atomic mass is 10.2. The summed E-state index contributed by atoms with van der Waals surface area (Å²) in [6, 6.07) is 14.1. The van der Waals surface area contributed by atoms with Crippen molar-refractivity contribution >= 4 is 23.1 Å². The molecule has 1 fully saturated rings. The molecule has 0 saturated carbocycles. The van der Waals surface area contributed by atoms with Gasteiger partial charge in [0.1, 0.15) is 11.6 Å². The second-order valence-corrected chi connectivity index (χ2v) is 6.66. The highest BCUT2D eigenvalue weighted by Gasteiger charge is 2.14. The van der Waals surface area contributed by atoms with Gasteiger partial charge in [-0.1, -0.05) is 0 Å². The number of piperazine rings is 1. The molecule has 2 N–H and O–H groups in total. The predicted octanol–water partition coefficient (Wildman–Crippen LogP) is 3.18. The number of anilines is 4. The van der Waals surface area contributed by atoms with Crippen molar-refractivity contribution in [1.82, 2.24) is 14.9 Å². The van der Waals surface area contributed by atoms with Gasteiger partial charge < -0.3 is 24.9 Å². The van der Waals surface area contributed by atoms with Crippen molar-refractivity contribution in [1.29, 1.82) is 0 Å². The normalized spacial score (nSPS) is 14.9. The van der Waals surface area contributed by atoms with Gasteiger partial charge in [-0.2, -0.15) is 4.98 Å². The van der Waals surface area contributed by atoms with Crippen molar-refractivity contribution < 1.29 is 4.42 Å². The van der Waals surface area contributed by atoms with Crippen LogP contribution in [0, 0.1) is 0 Å². The minimum Gasteiger partial charge on any atom is -0.467 e. The van der Waals surface area contributed by atoms with Crippen molar-refractivity contribution in [3.05, 3.63) is 60.7 Å². The van der Waals surface area contributed by atoms with E-state index in [1.165, 1.54) is 5.69 Å². The molecule has 7 heteroatoms. The highest BCUT2D eigenvalue weighted by atomic mass is 16.3. The average molecular weight is 364 g/mol. The van der Waals surface area contributed by atoms with Crippen LogP contribution in [0.15, 0.2) is 59.3 Å².